The van der Waals surface area contributed by atoms with Crippen LogP contribution in [0.25, 0.3) is 0 Å². The largest absolute Gasteiger partial charge is 0.363 e. The fourth-order valence-electron chi connectivity index (χ4n) is 2.89. The van der Waals surface area contributed by atoms with Crippen LogP contribution in [0.15, 0.2) is 48.5 Å². The number of carbonyl (C=O) groups is 1. The summed E-state index contributed by atoms with van der Waals surface area (Å²) in [6.07, 6.45) is 1.04. The molecule has 0 atom stereocenters. The van der Waals surface area contributed by atoms with E-state index in [0.29, 0.717) is 12.5 Å². The molecule has 1 heterocycles. The highest BCUT2D eigenvalue weighted by Crippen LogP contribution is 2.27. The van der Waals surface area contributed by atoms with Crippen LogP contribution >= 0.6 is 0 Å². The lowest BCUT2D eigenvalue weighted by molar-refractivity contribution is 0.0999. The van der Waals surface area contributed by atoms with Gasteiger partial charge < -0.3 is 4.90 Å². The molecule has 0 amide bonds. The molecule has 0 aromatic heterocycles. The average molecular weight is 279 g/mol. The van der Waals surface area contributed by atoms with Crippen molar-refractivity contribution in [3.8, 4) is 0 Å². The molecule has 0 N–H and O–H groups in total. The summed E-state index contributed by atoms with van der Waals surface area (Å²) in [7, 11) is 0. The van der Waals surface area contributed by atoms with Crippen molar-refractivity contribution in [1.29, 1.82) is 0 Å². The number of benzene rings is 2. The first kappa shape index (κ1) is 13.9. The van der Waals surface area contributed by atoms with Crippen LogP contribution in [0.2, 0.25) is 0 Å². The lowest BCUT2D eigenvalue weighted by atomic mass is 10.0. The molecule has 2 aromatic rings. The summed E-state index contributed by atoms with van der Waals surface area (Å²) in [6, 6.07) is 16.4. The summed E-state index contributed by atoms with van der Waals surface area (Å²) in [5.74, 6) is 0.696. The number of anilines is 1. The quantitative estimate of drug-likeness (QED) is 0.787. The molecular formula is C19H21NO. The van der Waals surface area contributed by atoms with Crippen molar-refractivity contribution < 1.29 is 4.79 Å². The van der Waals surface area contributed by atoms with E-state index >= 15 is 0 Å². The van der Waals surface area contributed by atoms with Gasteiger partial charge in [-0.15, -0.1) is 0 Å². The molecule has 1 aliphatic heterocycles. The van der Waals surface area contributed by atoms with Crippen LogP contribution < -0.4 is 4.90 Å². The summed E-state index contributed by atoms with van der Waals surface area (Å²) in [5, 5.41) is 0. The van der Waals surface area contributed by atoms with Crippen molar-refractivity contribution in [2.45, 2.75) is 26.2 Å². The molecule has 21 heavy (non-hydrogen) atoms. The number of hydrogen-bond donors (Lipinski definition) is 0. The number of carbonyl (C=O) groups excluding carboxylic acids is 1. The summed E-state index contributed by atoms with van der Waals surface area (Å²) in [4.78, 5) is 14.6. The Kier molecular flexibility index (Phi) is 3.78. The van der Waals surface area contributed by atoms with E-state index in [1.165, 1.54) is 16.8 Å². The first-order valence-corrected chi connectivity index (χ1v) is 7.61. The minimum Gasteiger partial charge on any atom is -0.363 e. The van der Waals surface area contributed by atoms with E-state index in [0.717, 1.165) is 18.5 Å². The van der Waals surface area contributed by atoms with Crippen molar-refractivity contribution in [2.24, 2.45) is 0 Å². The van der Waals surface area contributed by atoms with Gasteiger partial charge in [0.15, 0.2) is 5.78 Å². The lowest BCUT2D eigenvalue weighted by Crippen LogP contribution is -2.28. The van der Waals surface area contributed by atoms with Crippen molar-refractivity contribution in [3.63, 3.8) is 0 Å². The Morgan fingerprint density at radius 1 is 1.10 bits per heavy atom. The van der Waals surface area contributed by atoms with Gasteiger partial charge in [0.25, 0.3) is 0 Å². The second-order valence-electron chi connectivity index (χ2n) is 6.00. The van der Waals surface area contributed by atoms with Gasteiger partial charge in [-0.2, -0.15) is 0 Å². The molecule has 0 unspecified atom stereocenters. The number of ketones is 1. The monoisotopic (exact) mass is 279 g/mol. The highest BCUT2D eigenvalue weighted by Gasteiger charge is 2.20. The molecule has 0 saturated carbocycles. The molecule has 0 spiro atoms. The maximum atomic E-state index is 12.4. The van der Waals surface area contributed by atoms with Crippen molar-refractivity contribution >= 4 is 11.5 Å². The molecule has 0 aliphatic carbocycles. The van der Waals surface area contributed by atoms with Gasteiger partial charge in [0, 0.05) is 17.8 Å². The fraction of sp³-hybridized carbons (Fsp3) is 0.316. The van der Waals surface area contributed by atoms with Gasteiger partial charge in [-0.1, -0.05) is 56.3 Å². The van der Waals surface area contributed by atoms with E-state index in [9.17, 15) is 4.79 Å². The molecule has 108 valence electrons. The van der Waals surface area contributed by atoms with E-state index < -0.39 is 0 Å². The van der Waals surface area contributed by atoms with Crippen molar-refractivity contribution in [1.82, 2.24) is 0 Å². The highest BCUT2D eigenvalue weighted by atomic mass is 16.1. The van der Waals surface area contributed by atoms with Crippen LogP contribution in [0, 0.1) is 0 Å². The number of rotatable bonds is 4. The van der Waals surface area contributed by atoms with Crippen LogP contribution in [-0.4, -0.2) is 18.9 Å². The van der Waals surface area contributed by atoms with Crippen LogP contribution in [0.4, 0.5) is 5.69 Å². The predicted octanol–water partition coefficient (Wildman–Crippen LogP) is 4.06. The molecule has 0 fully saturated rings. The van der Waals surface area contributed by atoms with E-state index in [4.69, 9.17) is 0 Å². The van der Waals surface area contributed by atoms with E-state index in [1.807, 2.05) is 18.2 Å². The summed E-state index contributed by atoms with van der Waals surface area (Å²) < 4.78 is 0. The molecule has 2 aromatic carbocycles. The van der Waals surface area contributed by atoms with Crippen LogP contribution in [-0.2, 0) is 6.42 Å². The minimum atomic E-state index is 0.196. The molecular weight excluding hydrogens is 258 g/mol. The Bertz CT molecular complexity index is 643. The molecule has 1 aliphatic rings. The van der Waals surface area contributed by atoms with Crippen LogP contribution in [0.1, 0.15) is 41.3 Å². The maximum Gasteiger partial charge on any atom is 0.182 e. The molecule has 3 rings (SSSR count). The van der Waals surface area contributed by atoms with Gasteiger partial charge in [0.05, 0.1) is 6.54 Å². The Morgan fingerprint density at radius 3 is 2.52 bits per heavy atom. The summed E-state index contributed by atoms with van der Waals surface area (Å²) in [5.41, 5.74) is 4.65. The highest BCUT2D eigenvalue weighted by molar-refractivity contribution is 5.99. The number of fused-ring (bicyclic) bond motifs is 1. The smallest absolute Gasteiger partial charge is 0.182 e. The Morgan fingerprint density at radius 2 is 1.81 bits per heavy atom. The Balaban J connectivity index is 1.72. The summed E-state index contributed by atoms with van der Waals surface area (Å²) >= 11 is 0. The molecule has 0 radical (unpaired) electrons. The van der Waals surface area contributed by atoms with E-state index in [1.54, 1.807) is 0 Å². The van der Waals surface area contributed by atoms with Crippen LogP contribution in [0.3, 0.4) is 0 Å². The standard InChI is InChI=1S/C19H21NO/c1-14(2)15-7-9-17(10-8-15)19(21)13-20-12-11-16-5-3-4-6-18(16)20/h3-10,14H,11-13H2,1-2H3. The first-order chi connectivity index (χ1) is 10.1. The second kappa shape index (κ2) is 5.72. The third-order valence-corrected chi connectivity index (χ3v) is 4.22. The van der Waals surface area contributed by atoms with Crippen molar-refractivity contribution in [3.05, 3.63) is 65.2 Å². The van der Waals surface area contributed by atoms with Crippen molar-refractivity contribution in [2.75, 3.05) is 18.0 Å². The zero-order valence-electron chi connectivity index (χ0n) is 12.7. The van der Waals surface area contributed by atoms with Gasteiger partial charge in [-0.05, 0) is 29.5 Å². The molecule has 0 saturated heterocycles. The van der Waals surface area contributed by atoms with E-state index in [2.05, 4.69) is 49.1 Å². The zero-order chi connectivity index (χ0) is 14.8. The predicted molar refractivity (Wildman–Crippen MR) is 87.2 cm³/mol. The molecule has 2 heteroatoms. The number of hydrogen-bond acceptors (Lipinski definition) is 2. The Hall–Kier alpha value is -2.09. The van der Waals surface area contributed by atoms with Gasteiger partial charge in [-0.25, -0.2) is 0 Å². The lowest BCUT2D eigenvalue weighted by Gasteiger charge is -2.18. The number of nitrogens with zero attached hydrogens (tertiary/aromatic N) is 1. The minimum absolute atomic E-state index is 0.196. The van der Waals surface area contributed by atoms with Gasteiger partial charge in [-0.3, -0.25) is 4.79 Å². The van der Waals surface area contributed by atoms with Crippen LogP contribution in [0.5, 0.6) is 0 Å². The van der Waals surface area contributed by atoms with Gasteiger partial charge >= 0.3 is 0 Å². The third kappa shape index (κ3) is 2.85. The fourth-order valence-corrected chi connectivity index (χ4v) is 2.89. The number of Topliss-reactive ketones (excluding diaryl/α,β-unsaturated/α-hetero) is 1. The topological polar surface area (TPSA) is 20.3 Å². The number of para-hydroxylation sites is 1. The molecule has 2 nitrogen and oxygen atoms in total. The van der Waals surface area contributed by atoms with E-state index in [-0.39, 0.29) is 5.78 Å². The first-order valence-electron chi connectivity index (χ1n) is 7.61. The zero-order valence-corrected chi connectivity index (χ0v) is 12.7. The maximum absolute atomic E-state index is 12.4. The summed E-state index contributed by atoms with van der Waals surface area (Å²) in [6.45, 7) is 5.74. The second-order valence-corrected chi connectivity index (χ2v) is 6.00. The SMILES string of the molecule is CC(C)c1ccc(C(=O)CN2CCc3ccccc32)cc1. The average Bonchev–Trinajstić information content (AvgIpc) is 2.91. The Labute approximate surface area is 126 Å². The normalized spacial score (nSPS) is 13.6. The van der Waals surface area contributed by atoms with Gasteiger partial charge in [0.2, 0.25) is 0 Å². The molecule has 0 bridgehead atoms. The van der Waals surface area contributed by atoms with Gasteiger partial charge in [0.1, 0.15) is 0 Å². The third-order valence-electron chi connectivity index (χ3n) is 4.22.